The zero-order valence-electron chi connectivity index (χ0n) is 27.5. The lowest BCUT2D eigenvalue weighted by molar-refractivity contribution is -0.389. The maximum Gasteiger partial charge on any atom is 0.382 e. The highest BCUT2D eigenvalue weighted by molar-refractivity contribution is 5.82. The predicted molar refractivity (Wildman–Crippen MR) is 178 cm³/mol. The summed E-state index contributed by atoms with van der Waals surface area (Å²) in [6, 6.07) is 8.50. The molecule has 47 heavy (non-hydrogen) atoms. The second-order valence-corrected chi connectivity index (χ2v) is 12.5. The zero-order valence-corrected chi connectivity index (χ0v) is 27.5. The molecule has 0 amide bonds. The topological polar surface area (TPSA) is 125 Å². The van der Waals surface area contributed by atoms with Crippen LogP contribution in [-0.4, -0.2) is 46.4 Å². The number of rotatable bonds is 14. The lowest BCUT2D eigenvalue weighted by Crippen LogP contribution is -2.39. The Labute approximate surface area is 275 Å². The van der Waals surface area contributed by atoms with E-state index in [4.69, 9.17) is 18.9 Å². The van der Waals surface area contributed by atoms with Gasteiger partial charge in [-0.3, -0.25) is 9.47 Å². The van der Waals surface area contributed by atoms with Crippen LogP contribution in [0.15, 0.2) is 24.4 Å². The van der Waals surface area contributed by atoms with Crippen LogP contribution >= 0.6 is 0 Å². The molecule has 0 fully saturated rings. The number of hydrogen-bond donors (Lipinski definition) is 0. The number of unbranched alkanes of at least 4 members (excludes halogenated alkanes) is 7. The van der Waals surface area contributed by atoms with Gasteiger partial charge in [-0.2, -0.15) is 5.26 Å². The highest BCUT2D eigenvalue weighted by Crippen LogP contribution is 2.48. The van der Waals surface area contributed by atoms with Crippen LogP contribution in [0.25, 0.3) is 11.8 Å². The van der Waals surface area contributed by atoms with E-state index >= 15 is 0 Å². The molecule has 1 aromatic heterocycles. The Kier molecular flexibility index (Phi) is 9.97. The van der Waals surface area contributed by atoms with Crippen molar-refractivity contribution in [2.24, 2.45) is 0 Å². The Morgan fingerprint density at radius 3 is 2.57 bits per heavy atom. The normalized spacial score (nSPS) is 16.6. The van der Waals surface area contributed by atoms with Gasteiger partial charge in [-0.25, -0.2) is 0 Å². The third kappa shape index (κ3) is 6.79. The van der Waals surface area contributed by atoms with E-state index < -0.39 is 4.92 Å². The molecule has 0 radical (unpaired) electrons. The Morgan fingerprint density at radius 1 is 1.13 bits per heavy atom. The number of aromatic nitrogens is 2. The number of nitriles is 1. The molecule has 1 unspecified atom stereocenters. The van der Waals surface area contributed by atoms with Gasteiger partial charge in [-0.15, -0.1) is 0 Å². The van der Waals surface area contributed by atoms with Crippen molar-refractivity contribution >= 4 is 17.6 Å². The summed E-state index contributed by atoms with van der Waals surface area (Å²) in [5.74, 6) is 2.98. The largest absolute Gasteiger partial charge is 0.493 e. The van der Waals surface area contributed by atoms with Crippen molar-refractivity contribution in [3.05, 3.63) is 68.2 Å². The van der Waals surface area contributed by atoms with Gasteiger partial charge >= 0.3 is 5.82 Å². The molecule has 0 saturated carbocycles. The fourth-order valence-corrected chi connectivity index (χ4v) is 7.07. The summed E-state index contributed by atoms with van der Waals surface area (Å²) < 4.78 is 25.3. The maximum absolute atomic E-state index is 11.4. The first-order chi connectivity index (χ1) is 22.9. The van der Waals surface area contributed by atoms with E-state index in [-0.39, 0.29) is 24.3 Å². The lowest BCUT2D eigenvalue weighted by atomic mass is 9.81. The molecular weight excluding hydrogens is 598 g/mol. The molecule has 2 aromatic carbocycles. The monoisotopic (exact) mass is 641 g/mol. The Hall–Kier alpha value is -4.56. The number of allylic oxidation sites excluding steroid dienone is 1. The molecule has 3 aliphatic rings. The second kappa shape index (κ2) is 14.5. The smallest absolute Gasteiger partial charge is 0.382 e. The average Bonchev–Trinajstić information content (AvgIpc) is 3.71. The summed E-state index contributed by atoms with van der Waals surface area (Å²) in [5.41, 5.74) is 5.66. The molecule has 11 nitrogen and oxygen atoms in total. The minimum absolute atomic E-state index is 0.100. The summed E-state index contributed by atoms with van der Waals surface area (Å²) in [4.78, 5) is 17.4. The van der Waals surface area contributed by atoms with Gasteiger partial charge in [-0.1, -0.05) is 51.9 Å². The van der Waals surface area contributed by atoms with Crippen LogP contribution in [0, 0.1) is 28.4 Å². The van der Waals surface area contributed by atoms with Crippen molar-refractivity contribution in [1.82, 2.24) is 14.5 Å². The second-order valence-electron chi connectivity index (χ2n) is 12.5. The van der Waals surface area contributed by atoms with Gasteiger partial charge in [0.05, 0.1) is 13.7 Å². The Bertz CT molecular complexity index is 1710. The number of imidazole rings is 1. The van der Waals surface area contributed by atoms with Crippen molar-refractivity contribution in [3.8, 4) is 29.1 Å². The van der Waals surface area contributed by atoms with Crippen LogP contribution < -0.4 is 18.9 Å². The molecule has 0 saturated heterocycles. The molecule has 3 aromatic rings. The van der Waals surface area contributed by atoms with Crippen LogP contribution in [0.2, 0.25) is 0 Å². The van der Waals surface area contributed by atoms with E-state index in [1.54, 1.807) is 20.1 Å². The fraction of sp³-hybridized carbons (Fsp3) is 0.500. The van der Waals surface area contributed by atoms with Crippen LogP contribution in [0.1, 0.15) is 98.0 Å². The van der Waals surface area contributed by atoms with Crippen LogP contribution in [0.3, 0.4) is 0 Å². The molecule has 0 aliphatic carbocycles. The number of aryl methyl sites for hydroxylation is 1. The summed E-state index contributed by atoms with van der Waals surface area (Å²) in [7, 11) is 1.64. The van der Waals surface area contributed by atoms with Crippen molar-refractivity contribution in [2.45, 2.75) is 90.6 Å². The predicted octanol–water partition coefficient (Wildman–Crippen LogP) is 7.53. The Morgan fingerprint density at radius 2 is 1.87 bits per heavy atom. The molecule has 11 heteroatoms. The van der Waals surface area contributed by atoms with Gasteiger partial charge in [-0.05, 0) is 75.7 Å². The van der Waals surface area contributed by atoms with Crippen molar-refractivity contribution in [1.29, 1.82) is 5.26 Å². The highest BCUT2D eigenvalue weighted by Gasteiger charge is 2.37. The standard InChI is InChI=1S/C36H43N5O6/c1-4-5-6-7-8-9-10-11-14-45-36-30-21-39-13-12-25-16-32-33(47-23-46-32)19-29(25)31(39)18-28(30)26(17-34(36)44-3)15-27(20-37)40-22-35(41(42)43)38-24(40)2/h15-17,19,22,31H,4-14,18,21,23H2,1-3H3/b27-15+. The van der Waals surface area contributed by atoms with Gasteiger partial charge in [0.1, 0.15) is 18.0 Å². The first kappa shape index (κ1) is 32.4. The van der Waals surface area contributed by atoms with Gasteiger partial charge in [0.2, 0.25) is 12.6 Å². The van der Waals surface area contributed by atoms with Crippen molar-refractivity contribution < 1.29 is 23.9 Å². The van der Waals surface area contributed by atoms with Gasteiger partial charge in [0, 0.05) is 31.6 Å². The van der Waals surface area contributed by atoms with E-state index in [1.165, 1.54) is 60.4 Å². The van der Waals surface area contributed by atoms with E-state index in [0.717, 1.165) is 59.7 Å². The summed E-state index contributed by atoms with van der Waals surface area (Å²) >= 11 is 0. The number of nitro groups is 1. The number of fused-ring (bicyclic) bond motifs is 5. The van der Waals surface area contributed by atoms with Gasteiger partial charge < -0.3 is 29.1 Å². The number of hydrogen-bond acceptors (Lipinski definition) is 9. The quantitative estimate of drug-likeness (QED) is 0.0760. The lowest BCUT2D eigenvalue weighted by Gasteiger charge is -2.42. The number of nitrogens with zero attached hydrogens (tertiary/aromatic N) is 5. The molecule has 1 atom stereocenters. The average molecular weight is 642 g/mol. The number of ether oxygens (including phenoxy) is 4. The molecule has 0 spiro atoms. The SMILES string of the molecule is CCCCCCCCCCOc1c(OC)cc(/C=C(\C#N)n2cc([N+](=O)[O-])nc2C)c2c1CN1CCc3cc4c(cc3C1C2)OCO4. The fourth-order valence-electron chi connectivity index (χ4n) is 7.07. The highest BCUT2D eigenvalue weighted by atomic mass is 16.7. The minimum atomic E-state index is -0.553. The van der Waals surface area contributed by atoms with E-state index in [0.29, 0.717) is 31.1 Å². The summed E-state index contributed by atoms with van der Waals surface area (Å²) in [6.07, 6.45) is 14.4. The molecule has 248 valence electrons. The summed E-state index contributed by atoms with van der Waals surface area (Å²) in [5, 5.41) is 21.7. The van der Waals surface area contributed by atoms with Crippen LogP contribution in [-0.2, 0) is 19.4 Å². The van der Waals surface area contributed by atoms with E-state index in [2.05, 4.69) is 35.0 Å². The number of benzene rings is 2. The third-order valence-electron chi connectivity index (χ3n) is 9.55. The van der Waals surface area contributed by atoms with Crippen LogP contribution in [0.4, 0.5) is 5.82 Å². The van der Waals surface area contributed by atoms with Gasteiger partial charge in [0.15, 0.2) is 23.0 Å². The van der Waals surface area contributed by atoms with Crippen molar-refractivity contribution in [3.63, 3.8) is 0 Å². The summed E-state index contributed by atoms with van der Waals surface area (Å²) in [6.45, 7) is 6.27. The van der Waals surface area contributed by atoms with E-state index in [1.807, 2.05) is 6.07 Å². The van der Waals surface area contributed by atoms with E-state index in [9.17, 15) is 15.4 Å². The third-order valence-corrected chi connectivity index (χ3v) is 9.55. The first-order valence-corrected chi connectivity index (χ1v) is 16.8. The minimum Gasteiger partial charge on any atom is -0.493 e. The van der Waals surface area contributed by atoms with Gasteiger partial charge in [0.25, 0.3) is 0 Å². The maximum atomic E-state index is 11.4. The zero-order chi connectivity index (χ0) is 32.9. The molecule has 0 N–H and O–H groups in total. The van der Waals surface area contributed by atoms with Crippen LogP contribution in [0.5, 0.6) is 23.0 Å². The van der Waals surface area contributed by atoms with Crippen molar-refractivity contribution in [2.75, 3.05) is 27.1 Å². The molecule has 3 aliphatic heterocycles. The first-order valence-electron chi connectivity index (χ1n) is 16.8. The molecule has 6 rings (SSSR count). The Balaban J connectivity index is 1.34. The molecular formula is C36H43N5O6. The molecule has 4 heterocycles. The molecule has 0 bridgehead atoms. The number of methoxy groups -OCH3 is 1.